The zero-order chi connectivity index (χ0) is 16.9. The zero-order valence-electron chi connectivity index (χ0n) is 14.1. The molecule has 7 heteroatoms. The highest BCUT2D eigenvalue weighted by molar-refractivity contribution is 7.09. The number of aromatic nitrogens is 2. The van der Waals surface area contributed by atoms with Crippen LogP contribution in [0.15, 0.2) is 24.3 Å². The highest BCUT2D eigenvalue weighted by Gasteiger charge is 2.21. The fraction of sp³-hybridized carbons (Fsp3) is 0.471. The van der Waals surface area contributed by atoms with Crippen LogP contribution >= 0.6 is 11.5 Å². The lowest BCUT2D eigenvalue weighted by Gasteiger charge is -2.22. The molecule has 0 spiro atoms. The van der Waals surface area contributed by atoms with E-state index in [1.54, 1.807) is 7.11 Å². The molecule has 128 valence electrons. The van der Waals surface area contributed by atoms with Gasteiger partial charge in [-0.15, -0.1) is 0 Å². The van der Waals surface area contributed by atoms with E-state index >= 15 is 0 Å². The molecule has 1 saturated heterocycles. The Bertz CT molecular complexity index is 703. The Kier molecular flexibility index (Phi) is 5.30. The first-order chi connectivity index (χ1) is 11.7. The van der Waals surface area contributed by atoms with Gasteiger partial charge in [0, 0.05) is 43.3 Å². The van der Waals surface area contributed by atoms with Gasteiger partial charge in [0.15, 0.2) is 0 Å². The van der Waals surface area contributed by atoms with Crippen molar-refractivity contribution >= 4 is 22.6 Å². The molecule has 1 aromatic carbocycles. The molecule has 0 N–H and O–H groups in total. The number of methoxy groups -OCH3 is 1. The second-order valence-corrected chi connectivity index (χ2v) is 6.56. The van der Waals surface area contributed by atoms with Crippen molar-refractivity contribution < 1.29 is 9.53 Å². The third-order valence-electron chi connectivity index (χ3n) is 4.17. The fourth-order valence-electron chi connectivity index (χ4n) is 2.90. The van der Waals surface area contributed by atoms with Crippen molar-refractivity contribution in [2.45, 2.75) is 19.8 Å². The molecule has 1 aliphatic rings. The third kappa shape index (κ3) is 3.84. The van der Waals surface area contributed by atoms with Gasteiger partial charge in [-0.2, -0.15) is 4.37 Å². The summed E-state index contributed by atoms with van der Waals surface area (Å²) in [5, 5.41) is 0.950. The van der Waals surface area contributed by atoms with Crippen LogP contribution < -0.4 is 9.64 Å². The Morgan fingerprint density at radius 1 is 1.25 bits per heavy atom. The molecule has 24 heavy (non-hydrogen) atoms. The number of hydrogen-bond donors (Lipinski definition) is 0. The van der Waals surface area contributed by atoms with Crippen LogP contribution in [0, 0.1) is 6.92 Å². The van der Waals surface area contributed by atoms with Gasteiger partial charge in [-0.25, -0.2) is 4.98 Å². The largest absolute Gasteiger partial charge is 0.496 e. The minimum absolute atomic E-state index is 0.148. The summed E-state index contributed by atoms with van der Waals surface area (Å²) < 4.78 is 9.59. The maximum Gasteiger partial charge on any atom is 0.227 e. The first-order valence-corrected chi connectivity index (χ1v) is 8.89. The predicted octanol–water partition coefficient (Wildman–Crippen LogP) is 2.14. The number of carbonyl (C=O) groups excluding carboxylic acids is 1. The van der Waals surface area contributed by atoms with Crippen molar-refractivity contribution in [1.82, 2.24) is 14.3 Å². The van der Waals surface area contributed by atoms with Crippen molar-refractivity contribution in [3.05, 3.63) is 35.7 Å². The van der Waals surface area contributed by atoms with Crippen molar-refractivity contribution in [3.63, 3.8) is 0 Å². The number of benzene rings is 1. The van der Waals surface area contributed by atoms with E-state index in [1.807, 2.05) is 36.1 Å². The molecule has 1 fully saturated rings. The van der Waals surface area contributed by atoms with Gasteiger partial charge in [0.1, 0.15) is 11.6 Å². The molecule has 6 nitrogen and oxygen atoms in total. The standard InChI is InChI=1S/C17H22N4O2S/c1-13-18-17(24-19-13)21-9-5-8-20(10-11-21)16(22)12-14-6-3-4-7-15(14)23-2/h3-4,6-7H,5,8-12H2,1-2H3. The van der Waals surface area contributed by atoms with Crippen LogP contribution in [-0.2, 0) is 11.2 Å². The summed E-state index contributed by atoms with van der Waals surface area (Å²) in [6.07, 6.45) is 1.32. The average molecular weight is 346 g/mol. The maximum absolute atomic E-state index is 12.7. The number of hydrogen-bond acceptors (Lipinski definition) is 6. The van der Waals surface area contributed by atoms with E-state index in [-0.39, 0.29) is 5.91 Å². The summed E-state index contributed by atoms with van der Waals surface area (Å²) in [6, 6.07) is 7.70. The molecule has 1 amide bonds. The van der Waals surface area contributed by atoms with E-state index in [0.717, 1.165) is 48.3 Å². The first-order valence-electron chi connectivity index (χ1n) is 8.12. The average Bonchev–Trinajstić information content (AvgIpc) is 2.87. The van der Waals surface area contributed by atoms with Crippen LogP contribution in [0.5, 0.6) is 5.75 Å². The number of anilines is 1. The Morgan fingerprint density at radius 2 is 2.08 bits per heavy atom. The second kappa shape index (κ2) is 7.61. The van der Waals surface area contributed by atoms with Crippen LogP contribution in [0.25, 0.3) is 0 Å². The summed E-state index contributed by atoms with van der Waals surface area (Å²) >= 11 is 1.43. The van der Waals surface area contributed by atoms with Gasteiger partial charge in [-0.05, 0) is 19.4 Å². The summed E-state index contributed by atoms with van der Waals surface area (Å²) in [5.41, 5.74) is 0.936. The highest BCUT2D eigenvalue weighted by Crippen LogP contribution is 2.21. The quantitative estimate of drug-likeness (QED) is 0.849. The number of para-hydroxylation sites is 1. The van der Waals surface area contributed by atoms with Crippen LogP contribution in [0.3, 0.4) is 0 Å². The second-order valence-electron chi connectivity index (χ2n) is 5.83. The van der Waals surface area contributed by atoms with E-state index in [1.165, 1.54) is 11.5 Å². The fourth-order valence-corrected chi connectivity index (χ4v) is 3.62. The number of nitrogens with zero attached hydrogens (tertiary/aromatic N) is 4. The molecule has 0 atom stereocenters. The van der Waals surface area contributed by atoms with Crippen LogP contribution in [0.2, 0.25) is 0 Å². The number of aryl methyl sites for hydroxylation is 1. The Balaban J connectivity index is 1.62. The van der Waals surface area contributed by atoms with Crippen LogP contribution in [0.4, 0.5) is 5.13 Å². The van der Waals surface area contributed by atoms with Crippen molar-refractivity contribution in [2.75, 3.05) is 38.2 Å². The third-order valence-corrected chi connectivity index (χ3v) is 5.04. The first kappa shape index (κ1) is 16.7. The molecule has 0 bridgehead atoms. The topological polar surface area (TPSA) is 58.6 Å². The molecule has 0 unspecified atom stereocenters. The minimum Gasteiger partial charge on any atom is -0.496 e. The van der Waals surface area contributed by atoms with E-state index in [0.29, 0.717) is 13.0 Å². The SMILES string of the molecule is COc1ccccc1CC(=O)N1CCCN(c2nc(C)ns2)CC1. The Labute approximate surface area is 146 Å². The number of amides is 1. The van der Waals surface area contributed by atoms with Gasteiger partial charge < -0.3 is 14.5 Å². The molecule has 0 saturated carbocycles. The highest BCUT2D eigenvalue weighted by atomic mass is 32.1. The maximum atomic E-state index is 12.7. The normalized spacial score (nSPS) is 15.2. The van der Waals surface area contributed by atoms with Crippen LogP contribution in [-0.4, -0.2) is 53.5 Å². The van der Waals surface area contributed by atoms with Gasteiger partial charge >= 0.3 is 0 Å². The number of carbonyl (C=O) groups is 1. The lowest BCUT2D eigenvalue weighted by atomic mass is 10.1. The molecule has 2 aromatic rings. The van der Waals surface area contributed by atoms with Crippen molar-refractivity contribution in [3.8, 4) is 5.75 Å². The summed E-state index contributed by atoms with van der Waals surface area (Å²) in [4.78, 5) is 21.3. The lowest BCUT2D eigenvalue weighted by Crippen LogP contribution is -2.36. The monoisotopic (exact) mass is 346 g/mol. The van der Waals surface area contributed by atoms with Gasteiger partial charge in [0.05, 0.1) is 13.5 Å². The number of ether oxygens (including phenoxy) is 1. The molecule has 1 aliphatic heterocycles. The van der Waals surface area contributed by atoms with E-state index < -0.39 is 0 Å². The Hall–Kier alpha value is -2.15. The van der Waals surface area contributed by atoms with E-state index in [4.69, 9.17) is 4.74 Å². The van der Waals surface area contributed by atoms with Gasteiger partial charge in [0.2, 0.25) is 11.0 Å². The van der Waals surface area contributed by atoms with Crippen molar-refractivity contribution in [1.29, 1.82) is 0 Å². The Morgan fingerprint density at radius 3 is 2.83 bits per heavy atom. The predicted molar refractivity (Wildman–Crippen MR) is 94.8 cm³/mol. The summed E-state index contributed by atoms with van der Waals surface area (Å²) in [6.45, 7) is 5.11. The molecule has 3 rings (SSSR count). The van der Waals surface area contributed by atoms with E-state index in [2.05, 4.69) is 14.3 Å². The zero-order valence-corrected chi connectivity index (χ0v) is 14.9. The van der Waals surface area contributed by atoms with Gasteiger partial charge in [0.25, 0.3) is 0 Å². The lowest BCUT2D eigenvalue weighted by molar-refractivity contribution is -0.130. The van der Waals surface area contributed by atoms with Crippen LogP contribution in [0.1, 0.15) is 17.8 Å². The molecule has 1 aromatic heterocycles. The van der Waals surface area contributed by atoms with Gasteiger partial charge in [-0.3, -0.25) is 4.79 Å². The summed E-state index contributed by atoms with van der Waals surface area (Å²) in [5.74, 6) is 1.73. The molecule has 0 aliphatic carbocycles. The smallest absolute Gasteiger partial charge is 0.227 e. The molecule has 0 radical (unpaired) electrons. The molecule has 2 heterocycles. The molecular formula is C17H22N4O2S. The van der Waals surface area contributed by atoms with Crippen molar-refractivity contribution in [2.24, 2.45) is 0 Å². The minimum atomic E-state index is 0.148. The summed E-state index contributed by atoms with van der Waals surface area (Å²) in [7, 11) is 1.64. The van der Waals surface area contributed by atoms with Gasteiger partial charge in [-0.1, -0.05) is 18.2 Å². The number of rotatable bonds is 4. The molecular weight excluding hydrogens is 324 g/mol. The van der Waals surface area contributed by atoms with E-state index in [9.17, 15) is 4.79 Å².